The Labute approximate surface area is 126 Å². The number of carboxylic acid groups (broad SMARTS) is 1. The number of likely N-dealkylation sites (N-methyl/N-ethyl adjacent to an activating group) is 1. The van der Waals surface area contributed by atoms with E-state index in [-0.39, 0.29) is 12.5 Å². The highest BCUT2D eigenvalue weighted by atomic mass is 16.4. The van der Waals surface area contributed by atoms with Crippen molar-refractivity contribution in [2.75, 3.05) is 25.5 Å². The molecule has 0 saturated carbocycles. The van der Waals surface area contributed by atoms with Gasteiger partial charge in [0, 0.05) is 12.2 Å². The standard InChI is InChI=1S/C16H24N2O3/c1-11(2)13-5-7-14(8-6-13)17-15(19)10-18(4)9-12(3)16(20)21/h5-8,11-12H,9-10H2,1-4H3,(H,17,19)(H,20,21). The predicted molar refractivity (Wildman–Crippen MR) is 83.5 cm³/mol. The van der Waals surface area contributed by atoms with Crippen molar-refractivity contribution in [2.45, 2.75) is 26.7 Å². The Morgan fingerprint density at radius 3 is 2.24 bits per heavy atom. The molecule has 0 aliphatic heterocycles. The molecule has 0 bridgehead atoms. The summed E-state index contributed by atoms with van der Waals surface area (Å²) in [4.78, 5) is 24.4. The van der Waals surface area contributed by atoms with E-state index < -0.39 is 11.9 Å². The van der Waals surface area contributed by atoms with Crippen LogP contribution >= 0.6 is 0 Å². The molecule has 0 saturated heterocycles. The van der Waals surface area contributed by atoms with Gasteiger partial charge in [0.15, 0.2) is 0 Å². The highest BCUT2D eigenvalue weighted by Gasteiger charge is 2.15. The number of benzene rings is 1. The molecule has 5 nitrogen and oxygen atoms in total. The molecule has 2 N–H and O–H groups in total. The van der Waals surface area contributed by atoms with E-state index in [0.717, 1.165) is 5.69 Å². The summed E-state index contributed by atoms with van der Waals surface area (Å²) in [6.45, 7) is 6.37. The van der Waals surface area contributed by atoms with E-state index in [2.05, 4.69) is 19.2 Å². The first-order chi connectivity index (χ1) is 9.79. The number of aliphatic carboxylic acids is 1. The lowest BCUT2D eigenvalue weighted by atomic mass is 10.0. The molecule has 1 atom stereocenters. The van der Waals surface area contributed by atoms with Crippen molar-refractivity contribution in [3.05, 3.63) is 29.8 Å². The van der Waals surface area contributed by atoms with E-state index in [0.29, 0.717) is 12.5 Å². The number of nitrogens with zero attached hydrogens (tertiary/aromatic N) is 1. The van der Waals surface area contributed by atoms with Crippen LogP contribution in [0.25, 0.3) is 0 Å². The van der Waals surface area contributed by atoms with Gasteiger partial charge >= 0.3 is 5.97 Å². The molecule has 5 heteroatoms. The van der Waals surface area contributed by atoms with Crippen molar-refractivity contribution in [1.82, 2.24) is 4.90 Å². The van der Waals surface area contributed by atoms with Gasteiger partial charge in [-0.25, -0.2) is 0 Å². The van der Waals surface area contributed by atoms with Crippen LogP contribution in [-0.2, 0) is 9.59 Å². The van der Waals surface area contributed by atoms with Gasteiger partial charge < -0.3 is 10.4 Å². The van der Waals surface area contributed by atoms with E-state index in [1.165, 1.54) is 5.56 Å². The molecule has 1 unspecified atom stereocenters. The molecule has 1 aromatic rings. The van der Waals surface area contributed by atoms with E-state index >= 15 is 0 Å². The quantitative estimate of drug-likeness (QED) is 0.809. The summed E-state index contributed by atoms with van der Waals surface area (Å²) in [6.07, 6.45) is 0. The summed E-state index contributed by atoms with van der Waals surface area (Å²) >= 11 is 0. The minimum Gasteiger partial charge on any atom is -0.481 e. The molecule has 21 heavy (non-hydrogen) atoms. The number of anilines is 1. The first-order valence-corrected chi connectivity index (χ1v) is 7.10. The number of amides is 1. The average molecular weight is 292 g/mol. The van der Waals surface area contributed by atoms with Gasteiger partial charge in [-0.2, -0.15) is 0 Å². The fourth-order valence-corrected chi connectivity index (χ4v) is 2.01. The third-order valence-corrected chi connectivity index (χ3v) is 3.28. The van der Waals surface area contributed by atoms with Crippen LogP contribution in [0.5, 0.6) is 0 Å². The molecular weight excluding hydrogens is 268 g/mol. The maximum absolute atomic E-state index is 11.9. The largest absolute Gasteiger partial charge is 0.481 e. The van der Waals surface area contributed by atoms with Gasteiger partial charge in [-0.05, 0) is 30.7 Å². The highest BCUT2D eigenvalue weighted by Crippen LogP contribution is 2.17. The predicted octanol–water partition coefficient (Wildman–Crippen LogP) is 2.40. The molecule has 1 aromatic carbocycles. The number of hydrogen-bond acceptors (Lipinski definition) is 3. The second-order valence-corrected chi connectivity index (χ2v) is 5.76. The van der Waals surface area contributed by atoms with E-state index in [9.17, 15) is 9.59 Å². The molecule has 0 heterocycles. The summed E-state index contributed by atoms with van der Waals surface area (Å²) in [6, 6.07) is 7.76. The third-order valence-electron chi connectivity index (χ3n) is 3.28. The zero-order valence-electron chi connectivity index (χ0n) is 13.1. The molecule has 1 rings (SSSR count). The molecule has 0 aliphatic carbocycles. The Morgan fingerprint density at radius 1 is 1.19 bits per heavy atom. The number of hydrogen-bond donors (Lipinski definition) is 2. The lowest BCUT2D eigenvalue weighted by molar-refractivity contribution is -0.141. The fraction of sp³-hybridized carbons (Fsp3) is 0.500. The van der Waals surface area contributed by atoms with Gasteiger partial charge in [0.2, 0.25) is 5.91 Å². The van der Waals surface area contributed by atoms with Gasteiger partial charge in [-0.3, -0.25) is 14.5 Å². The van der Waals surface area contributed by atoms with Crippen LogP contribution in [0.3, 0.4) is 0 Å². The fourth-order valence-electron chi connectivity index (χ4n) is 2.01. The zero-order valence-corrected chi connectivity index (χ0v) is 13.1. The van der Waals surface area contributed by atoms with Crippen LogP contribution in [-0.4, -0.2) is 42.0 Å². The van der Waals surface area contributed by atoms with E-state index in [1.807, 2.05) is 24.3 Å². The smallest absolute Gasteiger partial charge is 0.307 e. The summed E-state index contributed by atoms with van der Waals surface area (Å²) in [7, 11) is 1.74. The molecule has 0 aromatic heterocycles. The van der Waals surface area contributed by atoms with Crippen LogP contribution in [0.1, 0.15) is 32.3 Å². The SMILES string of the molecule is CC(CN(C)CC(=O)Nc1ccc(C(C)C)cc1)C(=O)O. The normalized spacial score (nSPS) is 12.5. The summed E-state index contributed by atoms with van der Waals surface area (Å²) in [5.74, 6) is -1.04. The molecule has 0 aliphatic rings. The summed E-state index contributed by atoms with van der Waals surface area (Å²) < 4.78 is 0. The first kappa shape index (κ1) is 17.2. The molecule has 0 radical (unpaired) electrons. The molecule has 0 spiro atoms. The number of carbonyl (C=O) groups is 2. The monoisotopic (exact) mass is 292 g/mol. The molecule has 0 fully saturated rings. The van der Waals surface area contributed by atoms with Gasteiger partial charge in [-0.1, -0.05) is 32.9 Å². The first-order valence-electron chi connectivity index (χ1n) is 7.10. The maximum atomic E-state index is 11.9. The third kappa shape index (κ3) is 5.95. The topological polar surface area (TPSA) is 69.6 Å². The Hall–Kier alpha value is -1.88. The van der Waals surface area contributed by atoms with Gasteiger partial charge in [0.25, 0.3) is 0 Å². The van der Waals surface area contributed by atoms with Crippen LogP contribution in [0, 0.1) is 5.92 Å². The molecule has 1 amide bonds. The lowest BCUT2D eigenvalue weighted by Gasteiger charge is -2.18. The van der Waals surface area contributed by atoms with E-state index in [4.69, 9.17) is 5.11 Å². The van der Waals surface area contributed by atoms with Gasteiger partial charge in [0.05, 0.1) is 12.5 Å². The van der Waals surface area contributed by atoms with Crippen molar-refractivity contribution in [3.8, 4) is 0 Å². The van der Waals surface area contributed by atoms with Crippen LogP contribution in [0.2, 0.25) is 0 Å². The van der Waals surface area contributed by atoms with Crippen LogP contribution in [0.4, 0.5) is 5.69 Å². The minimum atomic E-state index is -0.855. The van der Waals surface area contributed by atoms with Crippen LogP contribution < -0.4 is 5.32 Å². The van der Waals surface area contributed by atoms with Crippen molar-refractivity contribution >= 4 is 17.6 Å². The van der Waals surface area contributed by atoms with Gasteiger partial charge in [0.1, 0.15) is 0 Å². The lowest BCUT2D eigenvalue weighted by Crippen LogP contribution is -2.35. The number of nitrogens with one attached hydrogen (secondary N) is 1. The Kier molecular flexibility index (Phi) is 6.37. The van der Waals surface area contributed by atoms with Crippen molar-refractivity contribution in [2.24, 2.45) is 5.92 Å². The van der Waals surface area contributed by atoms with Crippen LogP contribution in [0.15, 0.2) is 24.3 Å². The Balaban J connectivity index is 2.48. The summed E-state index contributed by atoms with van der Waals surface area (Å²) in [5.41, 5.74) is 1.98. The summed E-state index contributed by atoms with van der Waals surface area (Å²) in [5, 5.41) is 11.7. The van der Waals surface area contributed by atoms with Crippen molar-refractivity contribution < 1.29 is 14.7 Å². The minimum absolute atomic E-state index is 0.146. The molecule has 116 valence electrons. The average Bonchev–Trinajstić information content (AvgIpc) is 2.38. The second kappa shape index (κ2) is 7.78. The van der Waals surface area contributed by atoms with Gasteiger partial charge in [-0.15, -0.1) is 0 Å². The van der Waals surface area contributed by atoms with E-state index in [1.54, 1.807) is 18.9 Å². The second-order valence-electron chi connectivity index (χ2n) is 5.76. The van der Waals surface area contributed by atoms with Crippen molar-refractivity contribution in [3.63, 3.8) is 0 Å². The Bertz CT molecular complexity index is 483. The van der Waals surface area contributed by atoms with Crippen molar-refractivity contribution in [1.29, 1.82) is 0 Å². The maximum Gasteiger partial charge on any atom is 0.307 e. The number of carbonyl (C=O) groups excluding carboxylic acids is 1. The number of rotatable bonds is 7. The number of carboxylic acids is 1. The molecular formula is C16H24N2O3. The highest BCUT2D eigenvalue weighted by molar-refractivity contribution is 5.92. The zero-order chi connectivity index (χ0) is 16.0. The Morgan fingerprint density at radius 2 is 1.76 bits per heavy atom.